The van der Waals surface area contributed by atoms with Crippen molar-refractivity contribution in [1.29, 1.82) is 0 Å². The van der Waals surface area contributed by atoms with Crippen molar-refractivity contribution in [3.63, 3.8) is 0 Å². The summed E-state index contributed by atoms with van der Waals surface area (Å²) in [6.45, 7) is 6.27. The van der Waals surface area contributed by atoms with Crippen LogP contribution < -0.4 is 15.8 Å². The fourth-order valence-electron chi connectivity index (χ4n) is 2.05. The van der Waals surface area contributed by atoms with Crippen molar-refractivity contribution in [3.05, 3.63) is 23.8 Å². The Morgan fingerprint density at radius 2 is 2.15 bits per heavy atom. The molecule has 0 saturated carbocycles. The number of amides is 1. The number of para-hydroxylation sites is 1. The molecule has 0 aliphatic rings. The maximum absolute atomic E-state index is 12.3. The lowest BCUT2D eigenvalue weighted by Crippen LogP contribution is -2.38. The highest BCUT2D eigenvalue weighted by atomic mass is 16.5. The van der Waals surface area contributed by atoms with E-state index < -0.39 is 0 Å². The van der Waals surface area contributed by atoms with E-state index in [-0.39, 0.29) is 18.6 Å². The first-order valence-electron chi connectivity index (χ1n) is 6.92. The Morgan fingerprint density at radius 1 is 1.45 bits per heavy atom. The van der Waals surface area contributed by atoms with Gasteiger partial charge in [-0.1, -0.05) is 19.9 Å². The van der Waals surface area contributed by atoms with Crippen molar-refractivity contribution in [3.8, 4) is 5.75 Å². The van der Waals surface area contributed by atoms with Crippen molar-refractivity contribution in [2.24, 2.45) is 5.92 Å². The summed E-state index contributed by atoms with van der Waals surface area (Å²) in [4.78, 5) is 12.3. The van der Waals surface area contributed by atoms with Gasteiger partial charge in [0, 0.05) is 0 Å². The van der Waals surface area contributed by atoms with E-state index >= 15 is 0 Å². The first kappa shape index (κ1) is 16.3. The summed E-state index contributed by atoms with van der Waals surface area (Å²) in [5.74, 6) is 0.508. The van der Waals surface area contributed by atoms with Crippen LogP contribution in [0.3, 0.4) is 0 Å². The average molecular weight is 280 g/mol. The number of aliphatic hydroxyl groups excluding tert-OH is 1. The molecule has 1 aromatic carbocycles. The van der Waals surface area contributed by atoms with Gasteiger partial charge in [0.25, 0.3) is 5.91 Å². The van der Waals surface area contributed by atoms with Gasteiger partial charge in [0.05, 0.1) is 30.5 Å². The van der Waals surface area contributed by atoms with Crippen molar-refractivity contribution in [1.82, 2.24) is 5.32 Å². The van der Waals surface area contributed by atoms with E-state index in [1.807, 2.05) is 20.8 Å². The highest BCUT2D eigenvalue weighted by molar-refractivity contribution is 5.98. The summed E-state index contributed by atoms with van der Waals surface area (Å²) in [6, 6.07) is 4.81. The SMILES string of the molecule is CCOc1c(N)cccc1C(=O)NC(CO)CC(C)C. The van der Waals surface area contributed by atoms with E-state index in [4.69, 9.17) is 10.5 Å². The molecule has 5 nitrogen and oxygen atoms in total. The van der Waals surface area contributed by atoms with Crippen LogP contribution in [0.5, 0.6) is 5.75 Å². The summed E-state index contributed by atoms with van der Waals surface area (Å²) in [5.41, 5.74) is 6.67. The summed E-state index contributed by atoms with van der Waals surface area (Å²) in [5, 5.41) is 12.1. The van der Waals surface area contributed by atoms with Gasteiger partial charge in [0.2, 0.25) is 0 Å². The van der Waals surface area contributed by atoms with E-state index in [0.29, 0.717) is 35.9 Å². The van der Waals surface area contributed by atoms with E-state index in [1.54, 1.807) is 18.2 Å². The van der Waals surface area contributed by atoms with E-state index in [2.05, 4.69) is 5.32 Å². The lowest BCUT2D eigenvalue weighted by Gasteiger charge is -2.19. The van der Waals surface area contributed by atoms with E-state index in [0.717, 1.165) is 0 Å². The number of anilines is 1. The number of carbonyl (C=O) groups excluding carboxylic acids is 1. The average Bonchev–Trinajstić information content (AvgIpc) is 2.39. The van der Waals surface area contributed by atoms with Gasteiger partial charge >= 0.3 is 0 Å². The lowest BCUT2D eigenvalue weighted by molar-refractivity contribution is 0.0904. The van der Waals surface area contributed by atoms with Crippen molar-refractivity contribution in [2.45, 2.75) is 33.2 Å². The van der Waals surface area contributed by atoms with Gasteiger partial charge < -0.3 is 20.9 Å². The molecule has 4 N–H and O–H groups in total. The van der Waals surface area contributed by atoms with Gasteiger partial charge in [0.15, 0.2) is 5.75 Å². The van der Waals surface area contributed by atoms with Crippen LogP contribution in [0.25, 0.3) is 0 Å². The molecule has 112 valence electrons. The molecule has 1 atom stereocenters. The number of ether oxygens (including phenoxy) is 1. The Kier molecular flexibility index (Phi) is 6.31. The first-order valence-corrected chi connectivity index (χ1v) is 6.92. The predicted octanol–water partition coefficient (Wildman–Crippen LogP) is 1.80. The molecule has 1 amide bonds. The number of hydrogen-bond acceptors (Lipinski definition) is 4. The molecule has 0 aromatic heterocycles. The molecule has 0 saturated heterocycles. The molecule has 0 aliphatic carbocycles. The molecule has 0 spiro atoms. The molecule has 0 fully saturated rings. The number of nitrogens with two attached hydrogens (primary N) is 1. The molecule has 1 aromatic rings. The zero-order valence-corrected chi connectivity index (χ0v) is 12.3. The summed E-state index contributed by atoms with van der Waals surface area (Å²) in [6.07, 6.45) is 0.717. The third kappa shape index (κ3) is 4.42. The Bertz CT molecular complexity index is 447. The number of nitrogen functional groups attached to an aromatic ring is 1. The molecule has 0 aliphatic heterocycles. The number of aliphatic hydroxyl groups is 1. The Labute approximate surface area is 120 Å². The lowest BCUT2D eigenvalue weighted by atomic mass is 10.0. The molecule has 1 rings (SSSR count). The van der Waals surface area contributed by atoms with Gasteiger partial charge in [-0.15, -0.1) is 0 Å². The Morgan fingerprint density at radius 3 is 2.70 bits per heavy atom. The van der Waals surface area contributed by atoms with Gasteiger partial charge in [0.1, 0.15) is 0 Å². The molecular formula is C15H24N2O3. The van der Waals surface area contributed by atoms with Gasteiger partial charge in [-0.25, -0.2) is 0 Å². The van der Waals surface area contributed by atoms with Crippen LogP contribution in [0.2, 0.25) is 0 Å². The standard InChI is InChI=1S/C15H24N2O3/c1-4-20-14-12(6-5-7-13(14)16)15(19)17-11(9-18)8-10(2)3/h5-7,10-11,18H,4,8-9,16H2,1-3H3,(H,17,19). The molecule has 0 radical (unpaired) electrons. The molecule has 1 unspecified atom stereocenters. The quantitative estimate of drug-likeness (QED) is 0.665. The maximum atomic E-state index is 12.3. The molecule has 0 bridgehead atoms. The molecule has 5 heteroatoms. The monoisotopic (exact) mass is 280 g/mol. The topological polar surface area (TPSA) is 84.6 Å². The van der Waals surface area contributed by atoms with Crippen LogP contribution in [0.15, 0.2) is 18.2 Å². The summed E-state index contributed by atoms with van der Waals surface area (Å²) in [7, 11) is 0. The minimum absolute atomic E-state index is 0.0871. The highest BCUT2D eigenvalue weighted by Gasteiger charge is 2.18. The summed E-state index contributed by atoms with van der Waals surface area (Å²) >= 11 is 0. The third-order valence-electron chi connectivity index (χ3n) is 2.89. The van der Waals surface area contributed by atoms with E-state index in [9.17, 15) is 9.90 Å². The van der Waals surface area contributed by atoms with Crippen molar-refractivity contribution >= 4 is 11.6 Å². The van der Waals surface area contributed by atoms with Crippen LogP contribution in [-0.4, -0.2) is 30.3 Å². The highest BCUT2D eigenvalue weighted by Crippen LogP contribution is 2.26. The smallest absolute Gasteiger partial charge is 0.255 e. The largest absolute Gasteiger partial charge is 0.491 e. The van der Waals surface area contributed by atoms with Gasteiger partial charge in [-0.3, -0.25) is 4.79 Å². The predicted molar refractivity (Wildman–Crippen MR) is 79.8 cm³/mol. The number of rotatable bonds is 7. The second-order valence-electron chi connectivity index (χ2n) is 5.14. The van der Waals surface area contributed by atoms with Crippen molar-refractivity contribution in [2.75, 3.05) is 18.9 Å². The minimum Gasteiger partial charge on any atom is -0.491 e. The molecule has 20 heavy (non-hydrogen) atoms. The maximum Gasteiger partial charge on any atom is 0.255 e. The number of nitrogens with one attached hydrogen (secondary N) is 1. The second kappa shape index (κ2) is 7.75. The van der Waals surface area contributed by atoms with Crippen LogP contribution in [-0.2, 0) is 0 Å². The fraction of sp³-hybridized carbons (Fsp3) is 0.533. The summed E-state index contributed by atoms with van der Waals surface area (Å²) < 4.78 is 5.44. The van der Waals surface area contributed by atoms with Crippen LogP contribution in [0.4, 0.5) is 5.69 Å². The first-order chi connectivity index (χ1) is 9.49. The van der Waals surface area contributed by atoms with Gasteiger partial charge in [-0.05, 0) is 31.4 Å². The molecular weight excluding hydrogens is 256 g/mol. The number of hydrogen-bond donors (Lipinski definition) is 3. The number of benzene rings is 1. The van der Waals surface area contributed by atoms with Crippen LogP contribution in [0.1, 0.15) is 37.6 Å². The van der Waals surface area contributed by atoms with Crippen LogP contribution >= 0.6 is 0 Å². The zero-order chi connectivity index (χ0) is 15.1. The second-order valence-corrected chi connectivity index (χ2v) is 5.14. The van der Waals surface area contributed by atoms with E-state index in [1.165, 1.54) is 0 Å². The normalized spacial score (nSPS) is 12.2. The van der Waals surface area contributed by atoms with Crippen LogP contribution in [0, 0.1) is 5.92 Å². The third-order valence-corrected chi connectivity index (χ3v) is 2.89. The Hall–Kier alpha value is -1.75. The van der Waals surface area contributed by atoms with Crippen molar-refractivity contribution < 1.29 is 14.6 Å². The fourth-order valence-corrected chi connectivity index (χ4v) is 2.05. The Balaban J connectivity index is 2.88. The zero-order valence-electron chi connectivity index (χ0n) is 12.3. The number of carbonyl (C=O) groups is 1. The minimum atomic E-state index is -0.277. The van der Waals surface area contributed by atoms with Gasteiger partial charge in [-0.2, -0.15) is 0 Å². The molecule has 0 heterocycles.